The van der Waals surface area contributed by atoms with Crippen molar-refractivity contribution in [2.45, 2.75) is 32.5 Å². The van der Waals surface area contributed by atoms with Crippen LogP contribution in [0.5, 0.6) is 0 Å². The standard InChI is InChI=1S/C17H23NSi/c1-5-6-13-18-14-11-16-9-7-8-10-17(16)12-15-19(2,3)4/h1,7-10,18H,6,11,13-14H2,2-4H3. The number of hydrogen-bond donors (Lipinski definition) is 1. The van der Waals surface area contributed by atoms with Crippen molar-refractivity contribution in [2.24, 2.45) is 0 Å². The Labute approximate surface area is 118 Å². The second kappa shape index (κ2) is 7.84. The second-order valence-corrected chi connectivity index (χ2v) is 10.4. The highest BCUT2D eigenvalue weighted by Gasteiger charge is 2.08. The van der Waals surface area contributed by atoms with Gasteiger partial charge in [-0.2, -0.15) is 0 Å². The number of hydrogen-bond acceptors (Lipinski definition) is 1. The highest BCUT2D eigenvalue weighted by Crippen LogP contribution is 2.08. The van der Waals surface area contributed by atoms with E-state index in [2.05, 4.69) is 66.6 Å². The third-order valence-corrected chi connectivity index (χ3v) is 3.48. The van der Waals surface area contributed by atoms with Gasteiger partial charge in [-0.3, -0.25) is 0 Å². The van der Waals surface area contributed by atoms with Gasteiger partial charge in [0, 0.05) is 18.5 Å². The lowest BCUT2D eigenvalue weighted by molar-refractivity contribution is 0.694. The Morgan fingerprint density at radius 1 is 1.16 bits per heavy atom. The smallest absolute Gasteiger partial charge is 0.129 e. The number of benzene rings is 1. The summed E-state index contributed by atoms with van der Waals surface area (Å²) in [5.41, 5.74) is 5.92. The molecule has 0 aliphatic carbocycles. The Bertz CT molecular complexity index is 494. The average molecular weight is 269 g/mol. The molecule has 0 fully saturated rings. The van der Waals surface area contributed by atoms with Crippen LogP contribution in [0.4, 0.5) is 0 Å². The van der Waals surface area contributed by atoms with E-state index in [-0.39, 0.29) is 0 Å². The fraction of sp³-hybridized carbons (Fsp3) is 0.412. The maximum absolute atomic E-state index is 5.22. The molecule has 0 atom stereocenters. The van der Waals surface area contributed by atoms with Crippen LogP contribution in [0.2, 0.25) is 19.6 Å². The van der Waals surface area contributed by atoms with Crippen LogP contribution in [0.1, 0.15) is 17.5 Å². The van der Waals surface area contributed by atoms with Crippen molar-refractivity contribution in [1.82, 2.24) is 5.32 Å². The molecular weight excluding hydrogens is 246 g/mol. The molecule has 1 N–H and O–H groups in total. The molecule has 0 bridgehead atoms. The van der Waals surface area contributed by atoms with E-state index in [0.717, 1.165) is 25.9 Å². The van der Waals surface area contributed by atoms with Gasteiger partial charge < -0.3 is 5.32 Å². The van der Waals surface area contributed by atoms with Crippen LogP contribution in [0, 0.1) is 23.8 Å². The van der Waals surface area contributed by atoms with Crippen molar-refractivity contribution in [2.75, 3.05) is 13.1 Å². The molecule has 0 saturated heterocycles. The predicted octanol–water partition coefficient (Wildman–Crippen LogP) is 3.07. The molecule has 2 heteroatoms. The molecule has 0 aromatic heterocycles. The Kier molecular flexibility index (Phi) is 6.43. The summed E-state index contributed by atoms with van der Waals surface area (Å²) < 4.78 is 0. The normalized spacial score (nSPS) is 10.4. The topological polar surface area (TPSA) is 12.0 Å². The summed E-state index contributed by atoms with van der Waals surface area (Å²) in [5.74, 6) is 5.99. The zero-order valence-corrected chi connectivity index (χ0v) is 13.2. The van der Waals surface area contributed by atoms with Gasteiger partial charge in [-0.25, -0.2) is 0 Å². The monoisotopic (exact) mass is 269 g/mol. The van der Waals surface area contributed by atoms with E-state index in [1.165, 1.54) is 11.1 Å². The summed E-state index contributed by atoms with van der Waals surface area (Å²) in [7, 11) is -1.31. The molecule has 0 aliphatic heterocycles. The van der Waals surface area contributed by atoms with E-state index < -0.39 is 8.07 Å². The van der Waals surface area contributed by atoms with Crippen molar-refractivity contribution in [1.29, 1.82) is 0 Å². The minimum atomic E-state index is -1.31. The van der Waals surface area contributed by atoms with E-state index in [9.17, 15) is 0 Å². The SMILES string of the molecule is C#CCCNCCc1ccccc1C#C[Si](C)(C)C. The molecular formula is C17H23NSi. The van der Waals surface area contributed by atoms with Gasteiger partial charge >= 0.3 is 0 Å². The number of nitrogens with one attached hydrogen (secondary N) is 1. The van der Waals surface area contributed by atoms with E-state index in [4.69, 9.17) is 6.42 Å². The van der Waals surface area contributed by atoms with Crippen molar-refractivity contribution in [3.05, 3.63) is 35.4 Å². The lowest BCUT2D eigenvalue weighted by atomic mass is 10.1. The van der Waals surface area contributed by atoms with Gasteiger partial charge in [0.1, 0.15) is 8.07 Å². The Hall–Kier alpha value is -1.48. The van der Waals surface area contributed by atoms with Gasteiger partial charge in [0.05, 0.1) is 0 Å². The van der Waals surface area contributed by atoms with Crippen molar-refractivity contribution < 1.29 is 0 Å². The molecule has 0 heterocycles. The van der Waals surface area contributed by atoms with Crippen LogP contribution in [-0.4, -0.2) is 21.2 Å². The Morgan fingerprint density at radius 2 is 1.89 bits per heavy atom. The Balaban J connectivity index is 2.63. The maximum Gasteiger partial charge on any atom is 0.129 e. The molecule has 0 amide bonds. The molecule has 0 radical (unpaired) electrons. The molecule has 1 aromatic rings. The first-order valence-electron chi connectivity index (χ1n) is 6.78. The molecule has 100 valence electrons. The molecule has 0 aliphatic rings. The third kappa shape index (κ3) is 6.87. The van der Waals surface area contributed by atoms with E-state index >= 15 is 0 Å². The zero-order valence-electron chi connectivity index (χ0n) is 12.2. The summed E-state index contributed by atoms with van der Waals surface area (Å²) in [6.45, 7) is 8.64. The van der Waals surface area contributed by atoms with Crippen molar-refractivity contribution in [3.8, 4) is 23.8 Å². The zero-order chi connectivity index (χ0) is 14.1. The Morgan fingerprint density at radius 3 is 2.58 bits per heavy atom. The fourth-order valence-corrected chi connectivity index (χ4v) is 2.13. The van der Waals surface area contributed by atoms with Crippen LogP contribution >= 0.6 is 0 Å². The first-order chi connectivity index (χ1) is 9.03. The fourth-order valence-electron chi connectivity index (χ4n) is 1.62. The number of rotatable bonds is 5. The minimum Gasteiger partial charge on any atom is -0.315 e. The van der Waals surface area contributed by atoms with E-state index in [1.54, 1.807) is 0 Å². The largest absolute Gasteiger partial charge is 0.315 e. The summed E-state index contributed by atoms with van der Waals surface area (Å²) in [4.78, 5) is 0. The van der Waals surface area contributed by atoms with Crippen LogP contribution in [0.15, 0.2) is 24.3 Å². The number of terminal acetylenes is 1. The maximum atomic E-state index is 5.22. The third-order valence-electron chi connectivity index (χ3n) is 2.61. The predicted molar refractivity (Wildman–Crippen MR) is 86.7 cm³/mol. The first-order valence-corrected chi connectivity index (χ1v) is 10.3. The van der Waals surface area contributed by atoms with Gasteiger partial charge in [0.2, 0.25) is 0 Å². The second-order valence-electron chi connectivity index (χ2n) is 5.61. The molecule has 1 nitrogen and oxygen atoms in total. The highest BCUT2D eigenvalue weighted by atomic mass is 28.3. The van der Waals surface area contributed by atoms with Crippen LogP contribution in [0.25, 0.3) is 0 Å². The molecule has 0 spiro atoms. The summed E-state index contributed by atoms with van der Waals surface area (Å²) >= 11 is 0. The van der Waals surface area contributed by atoms with Crippen LogP contribution < -0.4 is 5.32 Å². The molecule has 1 rings (SSSR count). The molecule has 1 aromatic carbocycles. The molecule has 0 unspecified atom stereocenters. The lowest BCUT2D eigenvalue weighted by Gasteiger charge is -2.07. The van der Waals surface area contributed by atoms with Crippen molar-refractivity contribution in [3.63, 3.8) is 0 Å². The van der Waals surface area contributed by atoms with Gasteiger partial charge in [-0.05, 0) is 24.6 Å². The molecule has 19 heavy (non-hydrogen) atoms. The van der Waals surface area contributed by atoms with Gasteiger partial charge in [-0.15, -0.1) is 17.9 Å². The van der Waals surface area contributed by atoms with Crippen LogP contribution in [-0.2, 0) is 6.42 Å². The van der Waals surface area contributed by atoms with Gasteiger partial charge in [0.15, 0.2) is 0 Å². The van der Waals surface area contributed by atoms with E-state index in [1.807, 2.05) is 0 Å². The summed E-state index contributed by atoms with van der Waals surface area (Å²) in [5, 5.41) is 3.35. The average Bonchev–Trinajstić information content (AvgIpc) is 2.36. The lowest BCUT2D eigenvalue weighted by Crippen LogP contribution is -2.18. The summed E-state index contributed by atoms with van der Waals surface area (Å²) in [6, 6.07) is 8.42. The van der Waals surface area contributed by atoms with E-state index in [0.29, 0.717) is 0 Å². The first kappa shape index (κ1) is 15.6. The summed E-state index contributed by atoms with van der Waals surface area (Å²) in [6.07, 6.45) is 7.01. The van der Waals surface area contributed by atoms with Crippen LogP contribution in [0.3, 0.4) is 0 Å². The minimum absolute atomic E-state index is 0.789. The quantitative estimate of drug-likeness (QED) is 0.492. The van der Waals surface area contributed by atoms with Gasteiger partial charge in [0.25, 0.3) is 0 Å². The van der Waals surface area contributed by atoms with Gasteiger partial charge in [-0.1, -0.05) is 43.8 Å². The highest BCUT2D eigenvalue weighted by molar-refractivity contribution is 6.83. The van der Waals surface area contributed by atoms with Crippen molar-refractivity contribution >= 4 is 8.07 Å². The molecule has 0 saturated carbocycles.